The van der Waals surface area contributed by atoms with E-state index in [-0.39, 0.29) is 29.8 Å². The summed E-state index contributed by atoms with van der Waals surface area (Å²) in [4.78, 5) is 25.0. The molecule has 0 spiro atoms. The van der Waals surface area contributed by atoms with E-state index < -0.39 is 0 Å². The van der Waals surface area contributed by atoms with Crippen molar-refractivity contribution in [3.8, 4) is 0 Å². The minimum absolute atomic E-state index is 0.124. The fourth-order valence-electron chi connectivity index (χ4n) is 6.42. The Labute approximate surface area is 183 Å². The van der Waals surface area contributed by atoms with Crippen LogP contribution in [0.5, 0.6) is 0 Å². The lowest BCUT2D eigenvalue weighted by molar-refractivity contribution is -0.116. The third-order valence-corrected chi connectivity index (χ3v) is 8.43. The van der Waals surface area contributed by atoms with Crippen molar-refractivity contribution in [2.24, 2.45) is 17.8 Å². The van der Waals surface area contributed by atoms with Crippen molar-refractivity contribution in [1.29, 1.82) is 0 Å². The van der Waals surface area contributed by atoms with Gasteiger partial charge in [0.25, 0.3) is 5.56 Å². The molecule has 1 amide bonds. The summed E-state index contributed by atoms with van der Waals surface area (Å²) in [5.41, 5.74) is 0.501. The molecule has 1 N–H and O–H groups in total. The molecule has 0 saturated heterocycles. The number of carbonyl (C=O) groups is 1. The zero-order valence-electron chi connectivity index (χ0n) is 17.2. The van der Waals surface area contributed by atoms with Crippen LogP contribution < -0.4 is 10.9 Å². The van der Waals surface area contributed by atoms with Crippen molar-refractivity contribution in [2.75, 3.05) is 5.32 Å². The van der Waals surface area contributed by atoms with Gasteiger partial charge in [-0.3, -0.25) is 9.59 Å². The van der Waals surface area contributed by atoms with Gasteiger partial charge in [0, 0.05) is 11.8 Å². The Kier molecular flexibility index (Phi) is 4.41. The second-order valence-electron chi connectivity index (χ2n) is 9.54. The third-order valence-electron chi connectivity index (χ3n) is 7.34. The highest BCUT2D eigenvalue weighted by molar-refractivity contribution is 7.15. The van der Waals surface area contributed by atoms with Crippen LogP contribution in [0.3, 0.4) is 0 Å². The number of rotatable bonds is 5. The molecule has 2 aromatic heterocycles. The smallest absolute Gasteiger partial charge is 0.277 e. The Morgan fingerprint density at radius 3 is 2.52 bits per heavy atom. The zero-order valence-corrected chi connectivity index (χ0v) is 18.0. The van der Waals surface area contributed by atoms with Crippen LogP contribution in [0, 0.1) is 17.8 Å². The molecule has 2 heterocycles. The maximum Gasteiger partial charge on any atom is 0.277 e. The predicted octanol–water partition coefficient (Wildman–Crippen LogP) is 3.14. The van der Waals surface area contributed by atoms with Gasteiger partial charge in [0.2, 0.25) is 11.0 Å². The molecule has 0 aliphatic heterocycles. The van der Waals surface area contributed by atoms with Crippen molar-refractivity contribution >= 4 is 33.3 Å². The molecule has 4 bridgehead atoms. The van der Waals surface area contributed by atoms with Crippen molar-refractivity contribution in [3.05, 3.63) is 39.6 Å². The zero-order chi connectivity index (χ0) is 21.0. The van der Waals surface area contributed by atoms with E-state index in [0.29, 0.717) is 16.0 Å². The molecular weight excluding hydrogens is 412 g/mol. The number of amides is 1. The van der Waals surface area contributed by atoms with E-state index in [0.717, 1.165) is 22.8 Å². The predicted molar refractivity (Wildman–Crippen MR) is 117 cm³/mol. The molecule has 1 aromatic carbocycles. The minimum Gasteiger partial charge on any atom is -0.300 e. The van der Waals surface area contributed by atoms with E-state index in [2.05, 4.69) is 25.8 Å². The average Bonchev–Trinajstić information content (AvgIpc) is 3.22. The molecule has 4 saturated carbocycles. The van der Waals surface area contributed by atoms with Gasteiger partial charge in [0.15, 0.2) is 0 Å². The third kappa shape index (κ3) is 3.35. The van der Waals surface area contributed by atoms with Crippen LogP contribution in [-0.2, 0) is 16.8 Å². The first kappa shape index (κ1) is 19.0. The van der Waals surface area contributed by atoms with E-state index in [4.69, 9.17) is 0 Å². The lowest BCUT2D eigenvalue weighted by atomic mass is 9.50. The Hall–Kier alpha value is -2.68. The summed E-state index contributed by atoms with van der Waals surface area (Å²) < 4.78 is 1.24. The van der Waals surface area contributed by atoms with Crippen molar-refractivity contribution in [2.45, 2.75) is 56.9 Å². The molecule has 8 nitrogen and oxygen atoms in total. The maximum atomic E-state index is 12.5. The van der Waals surface area contributed by atoms with Crippen molar-refractivity contribution in [1.82, 2.24) is 25.2 Å². The Bertz CT molecular complexity index is 1180. The number of carbonyl (C=O) groups excluding carboxylic acids is 1. The highest BCUT2D eigenvalue weighted by Crippen LogP contribution is 2.61. The number of nitrogens with one attached hydrogen (secondary N) is 1. The van der Waals surface area contributed by atoms with Crippen molar-refractivity contribution in [3.63, 3.8) is 0 Å². The minimum atomic E-state index is -0.238. The van der Waals surface area contributed by atoms with Crippen LogP contribution in [0.1, 0.15) is 50.0 Å². The summed E-state index contributed by atoms with van der Waals surface area (Å²) >= 11 is 1.53. The van der Waals surface area contributed by atoms with Gasteiger partial charge in [0.05, 0.1) is 11.9 Å². The Morgan fingerprint density at radius 2 is 1.77 bits per heavy atom. The number of anilines is 1. The molecule has 4 fully saturated rings. The Balaban J connectivity index is 1.12. The maximum absolute atomic E-state index is 12.5. The van der Waals surface area contributed by atoms with E-state index in [1.54, 1.807) is 18.2 Å². The molecule has 0 atom stereocenters. The number of hydrogen-bond acceptors (Lipinski definition) is 7. The van der Waals surface area contributed by atoms with Crippen LogP contribution >= 0.6 is 11.3 Å². The summed E-state index contributed by atoms with van der Waals surface area (Å²) in [5.74, 6) is 2.33. The molecule has 0 radical (unpaired) electrons. The fourth-order valence-corrected chi connectivity index (χ4v) is 7.40. The van der Waals surface area contributed by atoms with Gasteiger partial charge >= 0.3 is 0 Å². The van der Waals surface area contributed by atoms with Gasteiger partial charge in [-0.1, -0.05) is 28.7 Å². The summed E-state index contributed by atoms with van der Waals surface area (Å²) in [6, 6.07) is 7.07. The molecule has 4 aliphatic rings. The van der Waals surface area contributed by atoms with E-state index in [1.807, 2.05) is 6.07 Å². The molecule has 0 unspecified atom stereocenters. The van der Waals surface area contributed by atoms with Gasteiger partial charge in [-0.05, 0) is 68.4 Å². The number of aromatic nitrogens is 5. The molecule has 9 heteroatoms. The summed E-state index contributed by atoms with van der Waals surface area (Å²) in [5, 5.41) is 21.8. The number of aryl methyl sites for hydroxylation is 1. The second kappa shape index (κ2) is 7.19. The highest BCUT2D eigenvalue weighted by Gasteiger charge is 2.53. The van der Waals surface area contributed by atoms with E-state index in [9.17, 15) is 9.59 Å². The Morgan fingerprint density at radius 1 is 1.06 bits per heavy atom. The van der Waals surface area contributed by atoms with Crippen LogP contribution in [-0.4, -0.2) is 31.1 Å². The fraction of sp³-hybridized carbons (Fsp3) is 0.545. The molecular formula is C22H24N6O2S. The van der Waals surface area contributed by atoms with Gasteiger partial charge in [-0.25, -0.2) is 4.68 Å². The van der Waals surface area contributed by atoms with Crippen LogP contribution in [0.2, 0.25) is 0 Å². The van der Waals surface area contributed by atoms with Gasteiger partial charge in [0.1, 0.15) is 10.5 Å². The quantitative estimate of drug-likeness (QED) is 0.659. The first-order valence-electron chi connectivity index (χ1n) is 11.0. The lowest BCUT2D eigenvalue weighted by Crippen LogP contribution is -2.48. The molecule has 4 aliphatic carbocycles. The average molecular weight is 437 g/mol. The molecule has 31 heavy (non-hydrogen) atoms. The van der Waals surface area contributed by atoms with Gasteiger partial charge in [-0.2, -0.15) is 0 Å². The number of nitrogens with zero attached hydrogens (tertiary/aromatic N) is 5. The van der Waals surface area contributed by atoms with Crippen LogP contribution in [0.25, 0.3) is 10.9 Å². The van der Waals surface area contributed by atoms with Crippen LogP contribution in [0.4, 0.5) is 5.13 Å². The summed E-state index contributed by atoms with van der Waals surface area (Å²) in [6.45, 7) is 0.170. The van der Waals surface area contributed by atoms with Gasteiger partial charge < -0.3 is 5.32 Å². The first-order chi connectivity index (χ1) is 15.1. The monoisotopic (exact) mass is 436 g/mol. The number of hydrogen-bond donors (Lipinski definition) is 1. The second-order valence-corrected chi connectivity index (χ2v) is 10.5. The molecule has 160 valence electrons. The number of benzene rings is 1. The standard InChI is InChI=1S/C22H24N6O2S/c29-18(5-6-28-19(30)16-3-1-2-4-17(16)24-27-28)23-21-26-25-20(31-21)22-10-13-7-14(11-22)9-15(8-13)12-22/h1-4,13-15H,5-12H2,(H,23,26,29). The molecule has 3 aromatic rings. The normalized spacial score (nSPS) is 28.8. The highest BCUT2D eigenvalue weighted by atomic mass is 32.1. The van der Waals surface area contributed by atoms with Crippen LogP contribution in [0.15, 0.2) is 29.1 Å². The lowest BCUT2D eigenvalue weighted by Gasteiger charge is -2.55. The largest absolute Gasteiger partial charge is 0.300 e. The van der Waals surface area contributed by atoms with Gasteiger partial charge in [-0.15, -0.1) is 15.3 Å². The van der Waals surface area contributed by atoms with E-state index in [1.165, 1.54) is 54.5 Å². The SMILES string of the molecule is O=C(CCn1nnc2ccccc2c1=O)Nc1nnc(C23CC4CC(CC(C4)C2)C3)s1. The first-order valence-corrected chi connectivity index (χ1v) is 11.9. The topological polar surface area (TPSA) is 103 Å². The molecule has 7 rings (SSSR count). The summed E-state index contributed by atoms with van der Waals surface area (Å²) in [6.07, 6.45) is 7.97. The summed E-state index contributed by atoms with van der Waals surface area (Å²) in [7, 11) is 0. The number of fused-ring (bicyclic) bond motifs is 1. The van der Waals surface area contributed by atoms with Crippen molar-refractivity contribution < 1.29 is 4.79 Å². The van der Waals surface area contributed by atoms with E-state index >= 15 is 0 Å².